The Morgan fingerprint density at radius 3 is 2.75 bits per heavy atom. The largest absolute Gasteiger partial charge is 0.245 e. The van der Waals surface area contributed by atoms with Crippen LogP contribution in [0.25, 0.3) is 0 Å². The predicted octanol–water partition coefficient (Wildman–Crippen LogP) is 1.42. The summed E-state index contributed by atoms with van der Waals surface area (Å²) in [6.07, 6.45) is 6.23. The summed E-state index contributed by atoms with van der Waals surface area (Å²) in [5, 5.41) is 8.98. The van der Waals surface area contributed by atoms with E-state index in [0.29, 0.717) is 0 Å². The van der Waals surface area contributed by atoms with Crippen LogP contribution in [0.4, 0.5) is 0 Å². The molecular formula is C9H9N3. The van der Waals surface area contributed by atoms with E-state index in [1.165, 1.54) is 6.33 Å². The van der Waals surface area contributed by atoms with Crippen LogP contribution in [-0.2, 0) is 5.41 Å². The van der Waals surface area contributed by atoms with Crippen molar-refractivity contribution in [3.05, 3.63) is 24.3 Å². The minimum atomic E-state index is -0.289. The Bertz CT molecular complexity index is 308. The van der Waals surface area contributed by atoms with E-state index < -0.39 is 0 Å². The molecule has 12 heavy (non-hydrogen) atoms. The molecule has 3 heteroatoms. The molecule has 3 nitrogen and oxygen atoms in total. The SMILES string of the molecule is N#CC1(c2ccncn2)CCC1. The lowest BCUT2D eigenvalue weighted by Crippen LogP contribution is -2.33. The molecule has 0 unspecified atom stereocenters. The van der Waals surface area contributed by atoms with Gasteiger partial charge < -0.3 is 0 Å². The van der Waals surface area contributed by atoms with Crippen LogP contribution in [0.3, 0.4) is 0 Å². The van der Waals surface area contributed by atoms with E-state index in [1.54, 1.807) is 6.20 Å². The third kappa shape index (κ3) is 0.884. The fourth-order valence-corrected chi connectivity index (χ4v) is 1.53. The van der Waals surface area contributed by atoms with Gasteiger partial charge in [-0.1, -0.05) is 0 Å². The zero-order valence-corrected chi connectivity index (χ0v) is 6.70. The van der Waals surface area contributed by atoms with Crippen LogP contribution >= 0.6 is 0 Å². The Labute approximate surface area is 71.1 Å². The molecule has 2 rings (SSSR count). The van der Waals surface area contributed by atoms with Crippen LogP contribution < -0.4 is 0 Å². The molecule has 0 saturated heterocycles. The molecular weight excluding hydrogens is 150 g/mol. The molecule has 0 aromatic carbocycles. The average molecular weight is 159 g/mol. The highest BCUT2D eigenvalue weighted by molar-refractivity contribution is 5.28. The highest BCUT2D eigenvalue weighted by atomic mass is 14.8. The van der Waals surface area contributed by atoms with Gasteiger partial charge in [-0.2, -0.15) is 5.26 Å². The van der Waals surface area contributed by atoms with E-state index in [1.807, 2.05) is 6.07 Å². The lowest BCUT2D eigenvalue weighted by molar-refractivity contribution is 0.315. The van der Waals surface area contributed by atoms with E-state index in [-0.39, 0.29) is 5.41 Å². The maximum atomic E-state index is 8.98. The van der Waals surface area contributed by atoms with Crippen LogP contribution in [0, 0.1) is 11.3 Å². The quantitative estimate of drug-likeness (QED) is 0.622. The fourth-order valence-electron chi connectivity index (χ4n) is 1.53. The van der Waals surface area contributed by atoms with Crippen molar-refractivity contribution in [3.8, 4) is 6.07 Å². The first kappa shape index (κ1) is 7.23. The normalized spacial score (nSPS) is 19.2. The first-order chi connectivity index (χ1) is 5.87. The molecule has 60 valence electrons. The average Bonchev–Trinajstić information content (AvgIpc) is 2.05. The summed E-state index contributed by atoms with van der Waals surface area (Å²) in [5.41, 5.74) is 0.592. The molecule has 1 aliphatic rings. The maximum absolute atomic E-state index is 8.98. The van der Waals surface area contributed by atoms with Crippen LogP contribution in [0.1, 0.15) is 25.0 Å². The molecule has 1 aromatic heterocycles. The summed E-state index contributed by atoms with van der Waals surface area (Å²) in [5.74, 6) is 0. The molecule has 1 saturated carbocycles. The van der Waals surface area contributed by atoms with Crippen molar-refractivity contribution >= 4 is 0 Å². The van der Waals surface area contributed by atoms with Gasteiger partial charge >= 0.3 is 0 Å². The van der Waals surface area contributed by atoms with Crippen molar-refractivity contribution in [2.45, 2.75) is 24.7 Å². The first-order valence-corrected chi connectivity index (χ1v) is 4.05. The summed E-state index contributed by atoms with van der Waals surface area (Å²) in [6.45, 7) is 0. The smallest absolute Gasteiger partial charge is 0.115 e. The number of nitriles is 1. The molecule has 0 spiro atoms. The Hall–Kier alpha value is -1.43. The Morgan fingerprint density at radius 1 is 1.50 bits per heavy atom. The van der Waals surface area contributed by atoms with Gasteiger partial charge in [0.05, 0.1) is 17.2 Å². The number of rotatable bonds is 1. The molecule has 0 radical (unpaired) electrons. The number of hydrogen-bond donors (Lipinski definition) is 0. The number of nitrogens with zero attached hydrogens (tertiary/aromatic N) is 3. The van der Waals surface area contributed by atoms with Crippen molar-refractivity contribution in [1.82, 2.24) is 9.97 Å². The van der Waals surface area contributed by atoms with Crippen molar-refractivity contribution < 1.29 is 0 Å². The van der Waals surface area contributed by atoms with Crippen molar-refractivity contribution in [3.63, 3.8) is 0 Å². The predicted molar refractivity (Wildman–Crippen MR) is 43.2 cm³/mol. The lowest BCUT2D eigenvalue weighted by atomic mass is 9.68. The second-order valence-corrected chi connectivity index (χ2v) is 3.14. The molecule has 1 fully saturated rings. The van der Waals surface area contributed by atoms with E-state index in [0.717, 1.165) is 25.0 Å². The highest BCUT2D eigenvalue weighted by Crippen LogP contribution is 2.41. The Morgan fingerprint density at radius 2 is 2.33 bits per heavy atom. The molecule has 0 bridgehead atoms. The van der Waals surface area contributed by atoms with E-state index >= 15 is 0 Å². The third-order valence-electron chi connectivity index (χ3n) is 2.49. The van der Waals surface area contributed by atoms with Gasteiger partial charge in [0, 0.05) is 6.20 Å². The fraction of sp³-hybridized carbons (Fsp3) is 0.444. The summed E-state index contributed by atoms with van der Waals surface area (Å²) >= 11 is 0. The van der Waals surface area contributed by atoms with Crippen molar-refractivity contribution in [1.29, 1.82) is 5.26 Å². The topological polar surface area (TPSA) is 49.6 Å². The molecule has 0 aliphatic heterocycles. The van der Waals surface area contributed by atoms with Crippen LogP contribution in [0.15, 0.2) is 18.6 Å². The molecule has 1 aromatic rings. The zero-order valence-electron chi connectivity index (χ0n) is 6.70. The monoisotopic (exact) mass is 159 g/mol. The van der Waals surface area contributed by atoms with Gasteiger partial charge in [-0.3, -0.25) is 0 Å². The van der Waals surface area contributed by atoms with Crippen LogP contribution in [-0.4, -0.2) is 9.97 Å². The lowest BCUT2D eigenvalue weighted by Gasteiger charge is -2.34. The molecule has 0 N–H and O–H groups in total. The van der Waals surface area contributed by atoms with Gasteiger partial charge in [0.25, 0.3) is 0 Å². The summed E-state index contributed by atoms with van der Waals surface area (Å²) in [6, 6.07) is 4.18. The molecule has 1 aliphatic carbocycles. The summed E-state index contributed by atoms with van der Waals surface area (Å²) in [4.78, 5) is 7.94. The number of hydrogen-bond acceptors (Lipinski definition) is 3. The number of aromatic nitrogens is 2. The van der Waals surface area contributed by atoms with Gasteiger partial charge in [-0.05, 0) is 25.3 Å². The minimum Gasteiger partial charge on any atom is -0.245 e. The van der Waals surface area contributed by atoms with Gasteiger partial charge in [0.1, 0.15) is 6.33 Å². The van der Waals surface area contributed by atoms with E-state index in [2.05, 4.69) is 16.0 Å². The van der Waals surface area contributed by atoms with E-state index in [9.17, 15) is 0 Å². The minimum absolute atomic E-state index is 0.289. The van der Waals surface area contributed by atoms with Crippen LogP contribution in [0.2, 0.25) is 0 Å². The van der Waals surface area contributed by atoms with Crippen molar-refractivity contribution in [2.24, 2.45) is 0 Å². The summed E-state index contributed by atoms with van der Waals surface area (Å²) in [7, 11) is 0. The first-order valence-electron chi connectivity index (χ1n) is 4.05. The van der Waals surface area contributed by atoms with Crippen molar-refractivity contribution in [2.75, 3.05) is 0 Å². The zero-order chi connectivity index (χ0) is 8.44. The second kappa shape index (κ2) is 2.56. The molecule has 0 amide bonds. The van der Waals surface area contributed by atoms with E-state index in [4.69, 9.17) is 5.26 Å². The Balaban J connectivity index is 2.36. The Kier molecular flexibility index (Phi) is 1.54. The van der Waals surface area contributed by atoms with Gasteiger partial charge in [0.15, 0.2) is 0 Å². The highest BCUT2D eigenvalue weighted by Gasteiger charge is 2.40. The van der Waals surface area contributed by atoms with Gasteiger partial charge in [0.2, 0.25) is 0 Å². The molecule has 0 atom stereocenters. The van der Waals surface area contributed by atoms with Gasteiger partial charge in [-0.25, -0.2) is 9.97 Å². The molecule has 1 heterocycles. The maximum Gasteiger partial charge on any atom is 0.115 e. The van der Waals surface area contributed by atoms with Crippen LogP contribution in [0.5, 0.6) is 0 Å². The second-order valence-electron chi connectivity index (χ2n) is 3.14. The third-order valence-corrected chi connectivity index (χ3v) is 2.49. The summed E-state index contributed by atoms with van der Waals surface area (Å²) < 4.78 is 0. The standard InChI is InChI=1S/C9H9N3/c10-6-9(3-1-4-9)8-2-5-11-7-12-8/h2,5,7H,1,3-4H2. The van der Waals surface area contributed by atoms with Gasteiger partial charge in [-0.15, -0.1) is 0 Å².